The Morgan fingerprint density at radius 3 is 2.44 bits per heavy atom. The highest BCUT2D eigenvalue weighted by molar-refractivity contribution is 6.33. The van der Waals surface area contributed by atoms with Gasteiger partial charge in [-0.1, -0.05) is 54.8 Å². The number of piperidine rings is 1. The van der Waals surface area contributed by atoms with Crippen molar-refractivity contribution in [2.75, 3.05) is 86.9 Å². The number of para-hydroxylation sites is 1. The smallest absolute Gasteiger partial charge is 0.323 e. The molecule has 0 atom stereocenters. The molecule has 0 bridgehead atoms. The predicted octanol–water partition coefficient (Wildman–Crippen LogP) is 8.42. The van der Waals surface area contributed by atoms with Crippen molar-refractivity contribution in [3.05, 3.63) is 102 Å². The molecule has 3 aromatic carbocycles. The second-order valence-corrected chi connectivity index (χ2v) is 15.3. The number of hydrogen-bond acceptors (Lipinski definition) is 10. The molecule has 2 saturated heterocycles. The molecule has 5 aromatic rings. The molecule has 57 heavy (non-hydrogen) atoms. The summed E-state index contributed by atoms with van der Waals surface area (Å²) in [6.45, 7) is 10.4. The van der Waals surface area contributed by atoms with Gasteiger partial charge in [0.2, 0.25) is 0 Å². The van der Waals surface area contributed by atoms with Gasteiger partial charge in [0.25, 0.3) is 0 Å². The van der Waals surface area contributed by atoms with E-state index in [0.29, 0.717) is 46.9 Å². The number of piperazine rings is 1. The van der Waals surface area contributed by atoms with E-state index >= 15 is 0 Å². The molecule has 4 heterocycles. The van der Waals surface area contributed by atoms with Gasteiger partial charge < -0.3 is 35.2 Å². The van der Waals surface area contributed by atoms with Crippen molar-refractivity contribution >= 4 is 51.5 Å². The zero-order chi connectivity index (χ0) is 39.2. The van der Waals surface area contributed by atoms with Gasteiger partial charge in [-0.3, -0.25) is 4.90 Å². The van der Waals surface area contributed by atoms with Crippen LogP contribution in [0.15, 0.2) is 91.4 Å². The van der Waals surface area contributed by atoms with Gasteiger partial charge in [0.05, 0.1) is 29.9 Å². The quantitative estimate of drug-likeness (QED) is 0.0793. The van der Waals surface area contributed by atoms with Gasteiger partial charge in [-0.05, 0) is 99.3 Å². The van der Waals surface area contributed by atoms with E-state index in [0.717, 1.165) is 67.2 Å². The van der Waals surface area contributed by atoms with E-state index in [2.05, 4.69) is 57.7 Å². The van der Waals surface area contributed by atoms with E-state index in [9.17, 15) is 4.79 Å². The molecule has 0 unspecified atom stereocenters. The Labute approximate surface area is 340 Å². The molecule has 0 saturated carbocycles. The first-order valence-corrected chi connectivity index (χ1v) is 20.6. The Hall–Kier alpha value is -5.17. The fourth-order valence-electron chi connectivity index (χ4n) is 7.70. The number of nitrogens with one attached hydrogen (secondary N) is 3. The molecule has 2 aromatic heterocycles. The van der Waals surface area contributed by atoms with Gasteiger partial charge in [0, 0.05) is 62.6 Å². The lowest BCUT2D eigenvalue weighted by Gasteiger charge is -2.39. The summed E-state index contributed by atoms with van der Waals surface area (Å²) in [4.78, 5) is 33.9. The number of aromatic nitrogens is 3. The Kier molecular flexibility index (Phi) is 14.3. The first kappa shape index (κ1) is 40.0. The second-order valence-electron chi connectivity index (χ2n) is 14.9. The fourth-order valence-corrected chi connectivity index (χ4v) is 7.88. The first-order chi connectivity index (χ1) is 28.0. The minimum absolute atomic E-state index is 0.374. The van der Waals surface area contributed by atoms with Crippen LogP contribution in [0.2, 0.25) is 5.02 Å². The Balaban J connectivity index is 0.807. The monoisotopic (exact) mass is 791 g/mol. The molecule has 0 aliphatic carbocycles. The largest absolute Gasteiger partial charge is 0.493 e. The number of anilines is 4. The highest BCUT2D eigenvalue weighted by Crippen LogP contribution is 2.34. The number of unbranched alkanes of at least 4 members (excludes halogenated alkanes) is 3. The number of benzene rings is 3. The Bertz CT molecular complexity index is 2040. The number of halogens is 1. The van der Waals surface area contributed by atoms with Crippen molar-refractivity contribution in [1.29, 1.82) is 0 Å². The summed E-state index contributed by atoms with van der Waals surface area (Å²) in [7, 11) is 1.65. The summed E-state index contributed by atoms with van der Waals surface area (Å²) in [6, 6.07) is 24.4. The van der Waals surface area contributed by atoms with Crippen LogP contribution in [-0.2, 0) is 6.54 Å². The van der Waals surface area contributed by atoms with Crippen molar-refractivity contribution in [2.45, 2.75) is 45.1 Å². The average molecular weight is 792 g/mol. The number of rotatable bonds is 17. The maximum Gasteiger partial charge on any atom is 0.323 e. The van der Waals surface area contributed by atoms with Gasteiger partial charge in [-0.2, -0.15) is 0 Å². The second kappa shape index (κ2) is 20.3. The molecule has 2 aliphatic heterocycles. The van der Waals surface area contributed by atoms with E-state index in [1.807, 2.05) is 60.8 Å². The number of likely N-dealkylation sites (tertiary alicyclic amines) is 1. The highest BCUT2D eigenvalue weighted by atomic mass is 35.5. The number of hydrogen-bond donors (Lipinski definition) is 3. The third-order valence-corrected chi connectivity index (χ3v) is 11.2. The molecule has 2 amide bonds. The van der Waals surface area contributed by atoms with E-state index in [-0.39, 0.29) is 6.03 Å². The van der Waals surface area contributed by atoms with Gasteiger partial charge >= 0.3 is 6.03 Å². The lowest BCUT2D eigenvalue weighted by atomic mass is 9.95. The molecule has 0 radical (unpaired) electrons. The highest BCUT2D eigenvalue weighted by Gasteiger charge is 2.24. The summed E-state index contributed by atoms with van der Waals surface area (Å²) >= 11 is 6.19. The molecule has 2 fully saturated rings. The number of urea groups is 1. The number of carbonyl (C=O) groups is 1. The molecular weight excluding hydrogens is 738 g/mol. The maximum absolute atomic E-state index is 12.6. The number of amides is 2. The number of pyridine rings is 1. The number of carbonyl (C=O) groups excluding carboxylic acids is 1. The van der Waals surface area contributed by atoms with Gasteiger partial charge in [0.15, 0.2) is 11.5 Å². The predicted molar refractivity (Wildman–Crippen MR) is 230 cm³/mol. The van der Waals surface area contributed by atoms with Crippen LogP contribution < -0.4 is 30.3 Å². The number of methoxy groups -OCH3 is 1. The van der Waals surface area contributed by atoms with Crippen LogP contribution in [0.5, 0.6) is 11.5 Å². The molecular formula is C44H54ClN9O3. The molecule has 2 aliphatic rings. The van der Waals surface area contributed by atoms with Crippen LogP contribution in [-0.4, -0.2) is 96.9 Å². The van der Waals surface area contributed by atoms with Gasteiger partial charge in [-0.15, -0.1) is 0 Å². The Morgan fingerprint density at radius 1 is 0.807 bits per heavy atom. The van der Waals surface area contributed by atoms with E-state index in [4.69, 9.17) is 21.1 Å². The number of ether oxygens (including phenoxy) is 2. The van der Waals surface area contributed by atoms with Crippen molar-refractivity contribution in [3.8, 4) is 11.5 Å². The Morgan fingerprint density at radius 2 is 1.63 bits per heavy atom. The van der Waals surface area contributed by atoms with E-state index in [1.54, 1.807) is 19.2 Å². The van der Waals surface area contributed by atoms with Crippen molar-refractivity contribution in [3.63, 3.8) is 0 Å². The SMILES string of the molecule is COc1cc2ncnc(NCc3cccc(NC(=O)Nc4ccccc4Cl)c3)c2cc1OCCCCCCN1CCC(CN2CCN(c3ccccn3)CC2)CC1. The molecule has 0 spiro atoms. The lowest BCUT2D eigenvalue weighted by Crippen LogP contribution is -2.49. The molecule has 7 rings (SSSR count). The third-order valence-electron chi connectivity index (χ3n) is 10.9. The zero-order valence-corrected chi connectivity index (χ0v) is 33.6. The zero-order valence-electron chi connectivity index (χ0n) is 32.8. The van der Waals surface area contributed by atoms with Crippen molar-refractivity contribution < 1.29 is 14.3 Å². The molecule has 12 nitrogen and oxygen atoms in total. The van der Waals surface area contributed by atoms with E-state index in [1.165, 1.54) is 58.2 Å². The standard InChI is InChI=1S/C44H54ClN9O3/c1-56-40-29-39-36(43(49-32-48-39)47-30-34-11-10-12-35(27-34)50-44(55)51-38-14-5-4-13-37(38)45)28-41(40)57-26-9-3-2-8-19-52-20-16-33(17-21-52)31-53-22-24-54(25-23-53)42-15-6-7-18-46-42/h4-7,10-15,18,27-29,32-33H,2-3,8-9,16-17,19-26,30-31H2,1H3,(H,47,48,49)(H2,50,51,55). The van der Waals surface area contributed by atoms with Crippen molar-refractivity contribution in [1.82, 2.24) is 24.8 Å². The summed E-state index contributed by atoms with van der Waals surface area (Å²) < 4.78 is 12.0. The first-order valence-electron chi connectivity index (χ1n) is 20.2. The summed E-state index contributed by atoms with van der Waals surface area (Å²) in [6.07, 6.45) is 10.6. The molecule has 3 N–H and O–H groups in total. The van der Waals surface area contributed by atoms with Crippen LogP contribution in [0, 0.1) is 5.92 Å². The van der Waals surface area contributed by atoms with Crippen LogP contribution in [0.25, 0.3) is 10.9 Å². The van der Waals surface area contributed by atoms with E-state index < -0.39 is 0 Å². The normalized spacial score (nSPS) is 15.4. The van der Waals surface area contributed by atoms with Gasteiger partial charge in [-0.25, -0.2) is 19.7 Å². The maximum atomic E-state index is 12.6. The van der Waals surface area contributed by atoms with Crippen LogP contribution >= 0.6 is 11.6 Å². The average Bonchev–Trinajstić information content (AvgIpc) is 3.24. The summed E-state index contributed by atoms with van der Waals surface area (Å²) in [5.41, 5.74) is 2.92. The van der Waals surface area contributed by atoms with Crippen LogP contribution in [0.1, 0.15) is 44.1 Å². The fraction of sp³-hybridized carbons (Fsp3) is 0.409. The molecule has 13 heteroatoms. The lowest BCUT2D eigenvalue weighted by molar-refractivity contribution is 0.138. The third kappa shape index (κ3) is 11.5. The summed E-state index contributed by atoms with van der Waals surface area (Å²) in [5, 5.41) is 10.4. The number of nitrogens with zero attached hydrogens (tertiary/aromatic N) is 6. The molecule has 300 valence electrons. The van der Waals surface area contributed by atoms with Gasteiger partial charge in [0.1, 0.15) is 18.0 Å². The summed E-state index contributed by atoms with van der Waals surface area (Å²) in [5.74, 6) is 3.93. The minimum atomic E-state index is -0.374. The van der Waals surface area contributed by atoms with Crippen molar-refractivity contribution in [2.24, 2.45) is 5.92 Å². The minimum Gasteiger partial charge on any atom is -0.493 e. The number of fused-ring (bicyclic) bond motifs is 1. The van der Waals surface area contributed by atoms with Crippen LogP contribution in [0.3, 0.4) is 0 Å². The topological polar surface area (TPSA) is 120 Å². The van der Waals surface area contributed by atoms with Crippen LogP contribution in [0.4, 0.5) is 27.8 Å².